The van der Waals surface area contributed by atoms with Crippen molar-refractivity contribution < 1.29 is 23.5 Å². The number of hydrogen-bond donors (Lipinski definition) is 3. The van der Waals surface area contributed by atoms with Gasteiger partial charge in [0, 0.05) is 37.2 Å². The number of benzene rings is 1. The molecule has 4 amide bonds. The third-order valence-electron chi connectivity index (χ3n) is 5.73. The van der Waals surface area contributed by atoms with Gasteiger partial charge in [-0.25, -0.2) is 4.79 Å². The van der Waals surface area contributed by atoms with Gasteiger partial charge in [-0.2, -0.15) is 0 Å². The molecule has 0 bridgehead atoms. The lowest BCUT2D eigenvalue weighted by molar-refractivity contribution is -0.125. The molecule has 9 heteroatoms. The molecular weight excluding hydrogens is 376 g/mol. The van der Waals surface area contributed by atoms with Crippen molar-refractivity contribution in [2.75, 3.05) is 20.2 Å². The Hall–Kier alpha value is -3.33. The van der Waals surface area contributed by atoms with Crippen LogP contribution in [0.5, 0.6) is 5.75 Å². The summed E-state index contributed by atoms with van der Waals surface area (Å²) in [5.74, 6) is 0.989. The average Bonchev–Trinajstić information content (AvgIpc) is 3.36. The fraction of sp³-hybridized carbons (Fsp3) is 0.350. The Kier molecular flexibility index (Phi) is 3.88. The van der Waals surface area contributed by atoms with E-state index in [1.807, 2.05) is 6.07 Å². The summed E-state index contributed by atoms with van der Waals surface area (Å²) in [5.41, 5.74) is 0.877. The smallest absolute Gasteiger partial charge is 0.322 e. The number of nitrogens with zero attached hydrogens (tertiary/aromatic N) is 1. The van der Waals surface area contributed by atoms with Gasteiger partial charge in [-0.15, -0.1) is 0 Å². The van der Waals surface area contributed by atoms with Gasteiger partial charge in [-0.1, -0.05) is 6.07 Å². The highest BCUT2D eigenvalue weighted by Gasteiger charge is 2.53. The van der Waals surface area contributed by atoms with Crippen LogP contribution < -0.4 is 20.7 Å². The van der Waals surface area contributed by atoms with E-state index in [1.54, 1.807) is 30.2 Å². The first-order valence-corrected chi connectivity index (χ1v) is 9.43. The fourth-order valence-corrected chi connectivity index (χ4v) is 4.20. The lowest BCUT2D eigenvalue weighted by atomic mass is 9.94. The average molecular weight is 396 g/mol. The standard InChI is InChI=1S/C20H20N4O5/c1-28-13-3-2-11-9-24(17(25)14(11)7-13)10-20(18(26)22-19(27)23-20)16-6-12-8-21-5-4-15(12)29-16/h2-3,6-7,21H,4-5,8-10H2,1H3,(H2,22,23,26,27)/t20-/m0/s1. The number of rotatable bonds is 4. The third-order valence-corrected chi connectivity index (χ3v) is 5.73. The minimum atomic E-state index is -1.46. The van der Waals surface area contributed by atoms with Gasteiger partial charge in [0.1, 0.15) is 17.3 Å². The highest BCUT2D eigenvalue weighted by Crippen LogP contribution is 2.34. The number of fused-ring (bicyclic) bond motifs is 2. The Morgan fingerprint density at radius 1 is 1.21 bits per heavy atom. The zero-order chi connectivity index (χ0) is 20.2. The number of carbonyl (C=O) groups excluding carboxylic acids is 3. The zero-order valence-electron chi connectivity index (χ0n) is 15.8. The van der Waals surface area contributed by atoms with Crippen molar-refractivity contribution in [3.63, 3.8) is 0 Å². The zero-order valence-corrected chi connectivity index (χ0v) is 15.8. The molecule has 1 aromatic heterocycles. The molecule has 1 aromatic carbocycles. The van der Waals surface area contributed by atoms with Crippen molar-refractivity contribution in [3.8, 4) is 5.75 Å². The maximum Gasteiger partial charge on any atom is 0.322 e. The Morgan fingerprint density at radius 3 is 2.79 bits per heavy atom. The second kappa shape index (κ2) is 6.35. The van der Waals surface area contributed by atoms with Gasteiger partial charge in [-0.3, -0.25) is 14.9 Å². The quantitative estimate of drug-likeness (QED) is 0.654. The molecule has 3 aliphatic heterocycles. The summed E-state index contributed by atoms with van der Waals surface area (Å²) in [6, 6.07) is 6.51. The summed E-state index contributed by atoms with van der Waals surface area (Å²) in [5, 5.41) is 8.26. The number of methoxy groups -OCH3 is 1. The van der Waals surface area contributed by atoms with Gasteiger partial charge >= 0.3 is 6.03 Å². The summed E-state index contributed by atoms with van der Waals surface area (Å²) in [6.45, 7) is 1.73. The van der Waals surface area contributed by atoms with Gasteiger partial charge in [-0.05, 0) is 23.8 Å². The van der Waals surface area contributed by atoms with E-state index in [-0.39, 0.29) is 12.5 Å². The molecule has 1 atom stereocenters. The molecule has 0 unspecified atom stereocenters. The van der Waals surface area contributed by atoms with E-state index in [9.17, 15) is 14.4 Å². The topological polar surface area (TPSA) is 113 Å². The molecule has 0 spiro atoms. The van der Waals surface area contributed by atoms with Crippen LogP contribution in [0.25, 0.3) is 0 Å². The van der Waals surface area contributed by atoms with Crippen LogP contribution in [0.3, 0.4) is 0 Å². The summed E-state index contributed by atoms with van der Waals surface area (Å²) in [7, 11) is 1.54. The van der Waals surface area contributed by atoms with Gasteiger partial charge < -0.3 is 24.7 Å². The predicted octanol–water partition coefficient (Wildman–Crippen LogP) is 0.625. The van der Waals surface area contributed by atoms with Crippen molar-refractivity contribution >= 4 is 17.8 Å². The number of furan rings is 1. The van der Waals surface area contributed by atoms with E-state index in [0.29, 0.717) is 36.6 Å². The Morgan fingerprint density at radius 2 is 2.07 bits per heavy atom. The van der Waals surface area contributed by atoms with E-state index in [4.69, 9.17) is 9.15 Å². The van der Waals surface area contributed by atoms with Gasteiger partial charge in [0.25, 0.3) is 11.8 Å². The maximum atomic E-state index is 13.0. The van der Waals surface area contributed by atoms with Crippen LogP contribution in [0, 0.1) is 0 Å². The Labute approximate surface area is 166 Å². The fourth-order valence-electron chi connectivity index (χ4n) is 4.20. The molecule has 1 fully saturated rings. The predicted molar refractivity (Wildman–Crippen MR) is 100 cm³/mol. The first-order valence-electron chi connectivity index (χ1n) is 9.43. The second-order valence-electron chi connectivity index (χ2n) is 7.48. The SMILES string of the molecule is COc1ccc2c(c1)C(=O)N(C[C@@]1(c3cc4c(o3)CCNC4)NC(=O)NC1=O)C2. The Balaban J connectivity index is 1.51. The minimum Gasteiger partial charge on any atom is -0.497 e. The summed E-state index contributed by atoms with van der Waals surface area (Å²) >= 11 is 0. The van der Waals surface area contributed by atoms with Gasteiger partial charge in [0.15, 0.2) is 5.54 Å². The van der Waals surface area contributed by atoms with Gasteiger partial charge in [0.05, 0.1) is 13.7 Å². The molecule has 1 saturated heterocycles. The van der Waals surface area contributed by atoms with Crippen LogP contribution in [0.1, 0.15) is 33.0 Å². The van der Waals surface area contributed by atoms with E-state index in [2.05, 4.69) is 16.0 Å². The molecular formula is C20H20N4O5. The molecule has 9 nitrogen and oxygen atoms in total. The molecule has 4 heterocycles. The summed E-state index contributed by atoms with van der Waals surface area (Å²) in [4.78, 5) is 39.4. The summed E-state index contributed by atoms with van der Waals surface area (Å²) in [6.07, 6.45) is 0.703. The highest BCUT2D eigenvalue weighted by atomic mass is 16.5. The van der Waals surface area contributed by atoms with Crippen LogP contribution in [-0.4, -0.2) is 42.9 Å². The van der Waals surface area contributed by atoms with Crippen LogP contribution in [0.15, 0.2) is 28.7 Å². The number of imide groups is 1. The molecule has 2 aromatic rings. The normalized spacial score (nSPS) is 22.9. The number of ether oxygens (including phenoxy) is 1. The number of carbonyl (C=O) groups is 3. The monoisotopic (exact) mass is 396 g/mol. The number of amides is 4. The molecule has 5 rings (SSSR count). The van der Waals surface area contributed by atoms with Crippen molar-refractivity contribution in [1.82, 2.24) is 20.9 Å². The number of nitrogens with one attached hydrogen (secondary N) is 3. The van der Waals surface area contributed by atoms with Crippen molar-refractivity contribution in [3.05, 3.63) is 52.5 Å². The first kappa shape index (κ1) is 17.7. The minimum absolute atomic E-state index is 0.0276. The molecule has 0 saturated carbocycles. The third kappa shape index (κ3) is 2.69. The largest absolute Gasteiger partial charge is 0.497 e. The van der Waals surface area contributed by atoms with Crippen LogP contribution in [-0.2, 0) is 29.8 Å². The van der Waals surface area contributed by atoms with Crippen molar-refractivity contribution in [1.29, 1.82) is 0 Å². The molecule has 0 aliphatic carbocycles. The maximum absolute atomic E-state index is 13.0. The van der Waals surface area contributed by atoms with Crippen LogP contribution >= 0.6 is 0 Å². The summed E-state index contributed by atoms with van der Waals surface area (Å²) < 4.78 is 11.2. The number of urea groups is 1. The highest BCUT2D eigenvalue weighted by molar-refractivity contribution is 6.08. The molecule has 29 heavy (non-hydrogen) atoms. The number of hydrogen-bond acceptors (Lipinski definition) is 6. The lowest BCUT2D eigenvalue weighted by Gasteiger charge is -2.29. The molecule has 0 radical (unpaired) electrons. The Bertz CT molecular complexity index is 1020. The second-order valence-corrected chi connectivity index (χ2v) is 7.48. The molecule has 3 N–H and O–H groups in total. The molecule has 3 aliphatic rings. The van der Waals surface area contributed by atoms with E-state index in [0.717, 1.165) is 23.4 Å². The van der Waals surface area contributed by atoms with Crippen molar-refractivity contribution in [2.45, 2.75) is 25.0 Å². The van der Waals surface area contributed by atoms with Crippen molar-refractivity contribution in [2.24, 2.45) is 0 Å². The van der Waals surface area contributed by atoms with Crippen LogP contribution in [0.4, 0.5) is 4.79 Å². The van der Waals surface area contributed by atoms with Crippen LogP contribution in [0.2, 0.25) is 0 Å². The van der Waals surface area contributed by atoms with Gasteiger partial charge in [0.2, 0.25) is 0 Å². The van der Waals surface area contributed by atoms with E-state index < -0.39 is 17.5 Å². The first-order chi connectivity index (χ1) is 14.0. The molecule has 150 valence electrons. The van der Waals surface area contributed by atoms with E-state index >= 15 is 0 Å². The van der Waals surface area contributed by atoms with E-state index in [1.165, 1.54) is 0 Å². The lowest BCUT2D eigenvalue weighted by Crippen LogP contribution is -2.52.